The van der Waals surface area contributed by atoms with Gasteiger partial charge in [0.2, 0.25) is 0 Å². The van der Waals surface area contributed by atoms with E-state index in [9.17, 15) is 23.1 Å². The number of piperidine rings is 1. The van der Waals surface area contributed by atoms with E-state index in [2.05, 4.69) is 5.32 Å². The molecule has 24 heavy (non-hydrogen) atoms. The third-order valence-electron chi connectivity index (χ3n) is 4.26. The molecule has 1 aromatic rings. The summed E-state index contributed by atoms with van der Waals surface area (Å²) in [5.41, 5.74) is 0.0639. The number of hydrogen-bond donors (Lipinski definition) is 2. The minimum atomic E-state index is -4.34. The Hall–Kier alpha value is -1.76. The van der Waals surface area contributed by atoms with Crippen LogP contribution >= 0.6 is 0 Å². The highest BCUT2D eigenvalue weighted by molar-refractivity contribution is 5.74. The summed E-state index contributed by atoms with van der Waals surface area (Å²) in [4.78, 5) is 13.9. The first-order valence-electron chi connectivity index (χ1n) is 8.12. The van der Waals surface area contributed by atoms with Crippen LogP contribution in [0, 0.1) is 5.92 Å². The predicted octanol–water partition coefficient (Wildman–Crippen LogP) is 3.05. The van der Waals surface area contributed by atoms with Crippen molar-refractivity contribution < 1.29 is 23.1 Å². The summed E-state index contributed by atoms with van der Waals surface area (Å²) in [5, 5.41) is 12.1. The maximum atomic E-state index is 12.5. The molecule has 1 aliphatic heterocycles. The molecule has 2 amide bonds. The fraction of sp³-hybridized carbons (Fsp3) is 0.588. The monoisotopic (exact) mass is 344 g/mol. The Morgan fingerprint density at radius 1 is 1.38 bits per heavy atom. The molecule has 7 heteroatoms. The maximum absolute atomic E-state index is 12.5. The van der Waals surface area contributed by atoms with Gasteiger partial charge in [0.25, 0.3) is 0 Å². The molecule has 1 aromatic carbocycles. The number of carbonyl (C=O) groups is 1. The van der Waals surface area contributed by atoms with Gasteiger partial charge in [-0.1, -0.05) is 12.1 Å². The number of rotatable bonds is 4. The van der Waals surface area contributed by atoms with Crippen molar-refractivity contribution in [1.29, 1.82) is 0 Å². The van der Waals surface area contributed by atoms with Gasteiger partial charge in [-0.05, 0) is 49.8 Å². The second-order valence-corrected chi connectivity index (χ2v) is 6.39. The van der Waals surface area contributed by atoms with Crippen LogP contribution in [0.15, 0.2) is 24.3 Å². The summed E-state index contributed by atoms with van der Waals surface area (Å²) in [7, 11) is 0. The third kappa shape index (κ3) is 5.12. The molecule has 134 valence electrons. The van der Waals surface area contributed by atoms with E-state index in [1.807, 2.05) is 6.92 Å². The number of urea groups is 1. The van der Waals surface area contributed by atoms with Crippen molar-refractivity contribution in [2.24, 2.45) is 5.92 Å². The van der Waals surface area contributed by atoms with Crippen molar-refractivity contribution in [1.82, 2.24) is 10.2 Å². The fourth-order valence-electron chi connectivity index (χ4n) is 2.94. The topological polar surface area (TPSA) is 52.6 Å². The van der Waals surface area contributed by atoms with Gasteiger partial charge in [0.1, 0.15) is 0 Å². The van der Waals surface area contributed by atoms with E-state index < -0.39 is 11.7 Å². The first-order chi connectivity index (χ1) is 11.3. The number of alkyl halides is 3. The van der Waals surface area contributed by atoms with Crippen LogP contribution in [-0.2, 0) is 12.6 Å². The molecule has 0 radical (unpaired) electrons. The van der Waals surface area contributed by atoms with E-state index in [0.717, 1.165) is 30.5 Å². The van der Waals surface area contributed by atoms with Gasteiger partial charge in [-0.15, -0.1) is 0 Å². The van der Waals surface area contributed by atoms with Gasteiger partial charge < -0.3 is 15.3 Å². The highest BCUT2D eigenvalue weighted by Crippen LogP contribution is 2.29. The summed E-state index contributed by atoms with van der Waals surface area (Å²) < 4.78 is 37.6. The van der Waals surface area contributed by atoms with Gasteiger partial charge in [0.05, 0.1) is 5.56 Å². The Balaban J connectivity index is 1.86. The van der Waals surface area contributed by atoms with Gasteiger partial charge in [0.15, 0.2) is 0 Å². The van der Waals surface area contributed by atoms with Gasteiger partial charge in [0, 0.05) is 25.7 Å². The van der Waals surface area contributed by atoms with Crippen LogP contribution in [0.25, 0.3) is 0 Å². The molecule has 1 saturated heterocycles. The number of amides is 2. The largest absolute Gasteiger partial charge is 0.416 e. The molecule has 2 rings (SSSR count). The molecule has 0 spiro atoms. The van der Waals surface area contributed by atoms with Crippen LogP contribution < -0.4 is 5.32 Å². The molecule has 2 unspecified atom stereocenters. The highest BCUT2D eigenvalue weighted by Gasteiger charge is 2.30. The lowest BCUT2D eigenvalue weighted by atomic mass is 9.99. The van der Waals surface area contributed by atoms with Crippen LogP contribution in [0.4, 0.5) is 18.0 Å². The van der Waals surface area contributed by atoms with Gasteiger partial charge in [-0.2, -0.15) is 13.2 Å². The van der Waals surface area contributed by atoms with Crippen LogP contribution in [0.1, 0.15) is 30.9 Å². The lowest BCUT2D eigenvalue weighted by Crippen LogP contribution is -2.48. The van der Waals surface area contributed by atoms with E-state index in [-0.39, 0.29) is 24.6 Å². The number of benzene rings is 1. The van der Waals surface area contributed by atoms with Crippen LogP contribution in [-0.4, -0.2) is 41.8 Å². The van der Waals surface area contributed by atoms with Crippen molar-refractivity contribution >= 4 is 6.03 Å². The first kappa shape index (κ1) is 18.6. The zero-order valence-corrected chi connectivity index (χ0v) is 13.6. The van der Waals surface area contributed by atoms with Crippen molar-refractivity contribution in [3.63, 3.8) is 0 Å². The molecule has 2 atom stereocenters. The summed E-state index contributed by atoms with van der Waals surface area (Å²) in [6.45, 7) is 3.10. The number of carbonyl (C=O) groups excluding carboxylic acids is 1. The van der Waals surface area contributed by atoms with E-state index >= 15 is 0 Å². The minimum absolute atomic E-state index is 0.0743. The Morgan fingerprint density at radius 3 is 2.62 bits per heavy atom. The number of halogens is 3. The lowest BCUT2D eigenvalue weighted by Gasteiger charge is -2.32. The van der Waals surface area contributed by atoms with E-state index in [4.69, 9.17) is 0 Å². The number of likely N-dealkylation sites (tertiary alicyclic amines) is 1. The normalized spacial score (nSPS) is 19.9. The summed E-state index contributed by atoms with van der Waals surface area (Å²) in [5.74, 6) is 0.120. The van der Waals surface area contributed by atoms with Crippen molar-refractivity contribution in [3.8, 4) is 0 Å². The van der Waals surface area contributed by atoms with Gasteiger partial charge >= 0.3 is 12.2 Å². The van der Waals surface area contributed by atoms with Crippen molar-refractivity contribution in [2.45, 2.75) is 38.4 Å². The minimum Gasteiger partial charge on any atom is -0.396 e. The summed E-state index contributed by atoms with van der Waals surface area (Å²) >= 11 is 0. The molecule has 0 bridgehead atoms. The number of hydrogen-bond acceptors (Lipinski definition) is 2. The standard InChI is InChI=1S/C17H23F3N2O2/c1-12(9-13-4-6-15(7-5-13)17(18,19)20)21-16(24)22-8-2-3-14(10-22)11-23/h4-7,12,14,23H,2-3,8-11H2,1H3,(H,21,24). The van der Waals surface area contributed by atoms with Gasteiger partial charge in [-0.25, -0.2) is 4.79 Å². The van der Waals surface area contributed by atoms with Gasteiger partial charge in [-0.3, -0.25) is 0 Å². The second kappa shape index (κ2) is 7.88. The summed E-state index contributed by atoms with van der Waals surface area (Å²) in [6.07, 6.45) is -2.09. The predicted molar refractivity (Wildman–Crippen MR) is 84.5 cm³/mol. The third-order valence-corrected chi connectivity index (χ3v) is 4.26. The molecule has 4 nitrogen and oxygen atoms in total. The SMILES string of the molecule is CC(Cc1ccc(C(F)(F)F)cc1)NC(=O)N1CCCC(CO)C1. The molecule has 1 heterocycles. The molecular weight excluding hydrogens is 321 g/mol. The maximum Gasteiger partial charge on any atom is 0.416 e. The Kier molecular flexibility index (Phi) is 6.10. The molecule has 0 aromatic heterocycles. The molecular formula is C17H23F3N2O2. The molecule has 2 N–H and O–H groups in total. The second-order valence-electron chi connectivity index (χ2n) is 6.39. The Morgan fingerprint density at radius 2 is 2.04 bits per heavy atom. The fourth-order valence-corrected chi connectivity index (χ4v) is 2.94. The number of aliphatic hydroxyl groups excluding tert-OH is 1. The average molecular weight is 344 g/mol. The van der Waals surface area contributed by atoms with E-state index in [1.54, 1.807) is 4.90 Å². The molecule has 1 fully saturated rings. The zero-order valence-electron chi connectivity index (χ0n) is 13.6. The Labute approximate surface area is 139 Å². The van der Waals surface area contributed by atoms with Crippen LogP contribution in [0.3, 0.4) is 0 Å². The summed E-state index contributed by atoms with van der Waals surface area (Å²) in [6, 6.07) is 4.61. The van der Waals surface area contributed by atoms with Crippen molar-refractivity contribution in [2.75, 3.05) is 19.7 Å². The smallest absolute Gasteiger partial charge is 0.396 e. The molecule has 0 aliphatic carbocycles. The van der Waals surface area contributed by atoms with Crippen molar-refractivity contribution in [3.05, 3.63) is 35.4 Å². The van der Waals surface area contributed by atoms with Crippen LogP contribution in [0.5, 0.6) is 0 Å². The van der Waals surface area contributed by atoms with E-state index in [0.29, 0.717) is 19.5 Å². The first-order valence-corrected chi connectivity index (χ1v) is 8.12. The molecule has 1 aliphatic rings. The Bertz CT molecular complexity index is 546. The molecule has 0 saturated carbocycles. The number of nitrogens with zero attached hydrogens (tertiary/aromatic N) is 1. The number of aliphatic hydroxyl groups is 1. The lowest BCUT2D eigenvalue weighted by molar-refractivity contribution is -0.137. The van der Waals surface area contributed by atoms with E-state index in [1.165, 1.54) is 12.1 Å². The number of nitrogens with one attached hydrogen (secondary N) is 1. The quantitative estimate of drug-likeness (QED) is 0.882. The average Bonchev–Trinajstić information content (AvgIpc) is 2.54. The zero-order chi connectivity index (χ0) is 17.7. The highest BCUT2D eigenvalue weighted by atomic mass is 19.4. The van der Waals surface area contributed by atoms with Crippen LogP contribution in [0.2, 0.25) is 0 Å².